The van der Waals surface area contributed by atoms with Crippen molar-refractivity contribution in [2.45, 2.75) is 103 Å². The van der Waals surface area contributed by atoms with Crippen LogP contribution in [0.5, 0.6) is 5.75 Å². The summed E-state index contributed by atoms with van der Waals surface area (Å²) < 4.78 is 31.9. The van der Waals surface area contributed by atoms with Crippen molar-refractivity contribution in [1.82, 2.24) is 9.78 Å². The highest BCUT2D eigenvalue weighted by atomic mass is 31.2. The van der Waals surface area contributed by atoms with E-state index in [-0.39, 0.29) is 35.1 Å². The van der Waals surface area contributed by atoms with E-state index in [4.69, 9.17) is 29.1 Å². The van der Waals surface area contributed by atoms with Gasteiger partial charge in [0.15, 0.2) is 17.7 Å². The molecule has 4 aliphatic carbocycles. The molecular weight excluding hydrogens is 635 g/mol. The van der Waals surface area contributed by atoms with Crippen LogP contribution in [-0.2, 0) is 25.3 Å². The number of allylic oxidation sites excluding steroid dienone is 1. The van der Waals surface area contributed by atoms with E-state index < -0.39 is 43.7 Å². The van der Waals surface area contributed by atoms with Crippen molar-refractivity contribution >= 4 is 19.5 Å². The van der Waals surface area contributed by atoms with Crippen molar-refractivity contribution < 1.29 is 43.6 Å². The van der Waals surface area contributed by atoms with E-state index in [2.05, 4.69) is 26.8 Å². The van der Waals surface area contributed by atoms with Crippen LogP contribution in [0.2, 0.25) is 0 Å². The number of nitrogens with zero attached hydrogens (tertiary/aromatic N) is 2. The maximum absolute atomic E-state index is 13.6. The van der Waals surface area contributed by atoms with Crippen molar-refractivity contribution in [2.75, 3.05) is 19.4 Å². The van der Waals surface area contributed by atoms with Gasteiger partial charge in [-0.05, 0) is 98.3 Å². The summed E-state index contributed by atoms with van der Waals surface area (Å²) in [5.41, 5.74) is 2.17. The smallest absolute Gasteiger partial charge is 0.325 e. The van der Waals surface area contributed by atoms with E-state index in [0.29, 0.717) is 44.5 Å². The van der Waals surface area contributed by atoms with Crippen LogP contribution in [0.15, 0.2) is 36.0 Å². The molecule has 262 valence electrons. The third-order valence-electron chi connectivity index (χ3n) is 12.5. The molecule has 0 radical (unpaired) electrons. The summed E-state index contributed by atoms with van der Waals surface area (Å²) >= 11 is 0. The minimum Gasteiger partial charge on any atom is -0.494 e. The highest BCUT2D eigenvalue weighted by Gasteiger charge is 2.75. The first-order chi connectivity index (χ1) is 22.8. The minimum absolute atomic E-state index is 0.000851. The Morgan fingerprint density at radius 3 is 2.79 bits per heavy atom. The largest absolute Gasteiger partial charge is 0.494 e. The number of benzene rings is 1. The molecule has 1 aliphatic heterocycles. The molecule has 1 saturated heterocycles. The van der Waals surface area contributed by atoms with Gasteiger partial charge in [0.2, 0.25) is 0 Å². The second kappa shape index (κ2) is 12.4. The molecule has 11 nitrogen and oxygen atoms in total. The molecule has 0 spiro atoms. The van der Waals surface area contributed by atoms with Gasteiger partial charge in [-0.15, -0.1) is 0 Å². The standard InChI is InChI=1S/C36H49N2O9P/c1-4-8-32-46-31-17-27-26-12-11-23-15-28-22(18-34(23,2)33(26)29(40)19-35(27,3)36(31,47-32)30(41)21-39)20-37-38(28)24-9-7-10-25(16-24)45-13-5-6-14-48(42,43)44/h7,9-10,15-16,20,26-27,29,31-33,39-40H,4-6,8,11-14,17-19,21H2,1-3H3,(H2,42,43,44)/t26-,27-,29-,31+,32?,33+,34-,35-,36+/m0/s1. The first kappa shape index (κ1) is 34.1. The number of rotatable bonds is 11. The Bertz CT molecular complexity index is 1640. The Kier molecular flexibility index (Phi) is 8.84. The topological polar surface area (TPSA) is 161 Å². The Morgan fingerprint density at radius 2 is 2.04 bits per heavy atom. The van der Waals surface area contributed by atoms with E-state index in [1.165, 1.54) is 5.57 Å². The average Bonchev–Trinajstić information content (AvgIpc) is 3.68. The Balaban J connectivity index is 1.12. The number of aliphatic hydroxyl groups excluding tert-OH is 2. The van der Waals surface area contributed by atoms with Gasteiger partial charge in [0.25, 0.3) is 0 Å². The first-order valence-electron chi connectivity index (χ1n) is 17.6. The number of fused-ring (bicyclic) bond motifs is 8. The van der Waals surface area contributed by atoms with Crippen LogP contribution >= 0.6 is 7.60 Å². The summed E-state index contributed by atoms with van der Waals surface area (Å²) in [5, 5.41) is 27.0. The average molecular weight is 685 g/mol. The van der Waals surface area contributed by atoms with Crippen LogP contribution < -0.4 is 4.74 Å². The Hall–Kier alpha value is -2.37. The summed E-state index contributed by atoms with van der Waals surface area (Å²) in [6, 6.07) is 7.70. The van der Waals surface area contributed by atoms with Gasteiger partial charge in [0, 0.05) is 17.6 Å². The lowest BCUT2D eigenvalue weighted by Crippen LogP contribution is -2.64. The maximum Gasteiger partial charge on any atom is 0.325 e. The maximum atomic E-state index is 13.6. The van der Waals surface area contributed by atoms with Gasteiger partial charge in [-0.25, -0.2) is 4.68 Å². The summed E-state index contributed by atoms with van der Waals surface area (Å²) in [5.74, 6) is 0.645. The number of ether oxygens (including phenoxy) is 3. The third-order valence-corrected chi connectivity index (χ3v) is 13.4. The van der Waals surface area contributed by atoms with Crippen LogP contribution in [0, 0.1) is 28.6 Å². The molecule has 2 aromatic rings. The number of carbonyl (C=O) groups is 1. The SMILES string of the molecule is CCCC1O[C@@H]2C[C@H]3[C@@H]4CCC5=Cc6c(cnn6-c6cccc(OCCCCP(=O)(O)O)c6)C[C@]5(C)[C@H]4[C@@H](O)C[C@]3(C)[C@]2(C(=O)CO)O1. The van der Waals surface area contributed by atoms with Crippen LogP contribution in [0.1, 0.15) is 83.4 Å². The Morgan fingerprint density at radius 1 is 1.23 bits per heavy atom. The molecule has 7 rings (SSSR count). The fourth-order valence-electron chi connectivity index (χ4n) is 10.5. The zero-order valence-corrected chi connectivity index (χ0v) is 29.0. The van der Waals surface area contributed by atoms with E-state index in [0.717, 1.165) is 42.6 Å². The van der Waals surface area contributed by atoms with Crippen LogP contribution in [0.4, 0.5) is 0 Å². The molecule has 1 aromatic carbocycles. The molecule has 4 fully saturated rings. The van der Waals surface area contributed by atoms with Crippen molar-refractivity contribution in [3.8, 4) is 11.4 Å². The second-order valence-corrected chi connectivity index (χ2v) is 17.0. The van der Waals surface area contributed by atoms with Crippen LogP contribution in [0.3, 0.4) is 0 Å². The molecule has 0 bridgehead atoms. The van der Waals surface area contributed by atoms with Gasteiger partial charge in [-0.2, -0.15) is 5.10 Å². The first-order valence-corrected chi connectivity index (χ1v) is 19.4. The number of unbranched alkanes of at least 4 members (excludes halogenated alkanes) is 1. The number of carbonyl (C=O) groups excluding carboxylic acids is 1. The summed E-state index contributed by atoms with van der Waals surface area (Å²) in [7, 11) is -4.00. The van der Waals surface area contributed by atoms with Crippen LogP contribution in [-0.4, -0.2) is 79.0 Å². The van der Waals surface area contributed by atoms with Gasteiger partial charge < -0.3 is 34.2 Å². The molecular formula is C36H49N2O9P. The number of hydrogen-bond donors (Lipinski definition) is 4. The van der Waals surface area contributed by atoms with Crippen molar-refractivity contribution in [1.29, 1.82) is 0 Å². The number of hydrogen-bond acceptors (Lipinski definition) is 8. The quantitative estimate of drug-likeness (QED) is 0.191. The number of aromatic nitrogens is 2. The van der Waals surface area contributed by atoms with Crippen molar-refractivity contribution in [3.05, 3.63) is 47.3 Å². The summed E-state index contributed by atoms with van der Waals surface area (Å²) in [4.78, 5) is 31.8. The fourth-order valence-corrected chi connectivity index (χ4v) is 11.1. The predicted molar refractivity (Wildman–Crippen MR) is 178 cm³/mol. The van der Waals surface area contributed by atoms with Crippen molar-refractivity contribution in [3.63, 3.8) is 0 Å². The summed E-state index contributed by atoms with van der Waals surface area (Å²) in [6.07, 6.45) is 8.64. The second-order valence-electron chi connectivity index (χ2n) is 15.2. The molecule has 1 aromatic heterocycles. The van der Waals surface area contributed by atoms with Gasteiger partial charge in [0.05, 0.1) is 36.4 Å². The van der Waals surface area contributed by atoms with E-state index >= 15 is 0 Å². The molecule has 2 heterocycles. The normalized spacial score (nSPS) is 36.8. The van der Waals surface area contributed by atoms with E-state index in [1.807, 2.05) is 35.1 Å². The third kappa shape index (κ3) is 5.36. The molecule has 0 amide bonds. The molecule has 4 N–H and O–H groups in total. The minimum atomic E-state index is -4.00. The zero-order chi connectivity index (χ0) is 34.1. The number of aliphatic hydroxyl groups is 2. The molecule has 1 unspecified atom stereocenters. The fraction of sp³-hybridized carbons (Fsp3) is 0.667. The van der Waals surface area contributed by atoms with Gasteiger partial charge >= 0.3 is 7.60 Å². The lowest BCUT2D eigenvalue weighted by atomic mass is 9.45. The molecule has 3 saturated carbocycles. The highest BCUT2D eigenvalue weighted by Crippen LogP contribution is 2.70. The molecule has 12 heteroatoms. The summed E-state index contributed by atoms with van der Waals surface area (Å²) in [6.45, 7) is 6.21. The monoisotopic (exact) mass is 684 g/mol. The van der Waals surface area contributed by atoms with Crippen LogP contribution in [0.25, 0.3) is 11.8 Å². The predicted octanol–water partition coefficient (Wildman–Crippen LogP) is 4.81. The highest BCUT2D eigenvalue weighted by molar-refractivity contribution is 7.51. The zero-order valence-electron chi connectivity index (χ0n) is 28.1. The lowest BCUT2D eigenvalue weighted by molar-refractivity contribution is -0.202. The van der Waals surface area contributed by atoms with E-state index in [1.54, 1.807) is 0 Å². The number of ketones is 1. The van der Waals surface area contributed by atoms with Gasteiger partial charge in [0.1, 0.15) is 12.4 Å². The molecule has 5 aliphatic rings. The number of Topliss-reactive ketones (excluding diaryl/α,β-unsaturated/α-hetero) is 1. The van der Waals surface area contributed by atoms with E-state index in [9.17, 15) is 19.6 Å². The lowest BCUT2D eigenvalue weighted by Gasteiger charge is -2.60. The molecule has 48 heavy (non-hydrogen) atoms. The van der Waals surface area contributed by atoms with Crippen molar-refractivity contribution in [2.24, 2.45) is 28.6 Å². The van der Waals surface area contributed by atoms with Gasteiger partial charge in [-0.3, -0.25) is 9.36 Å². The van der Waals surface area contributed by atoms with Gasteiger partial charge in [-0.1, -0.05) is 38.8 Å². The molecule has 9 atom stereocenters. The Labute approximate surface area is 281 Å².